The fourth-order valence-corrected chi connectivity index (χ4v) is 0.203. The number of hydrogen-bond donors (Lipinski definition) is 2. The smallest absolute Gasteiger partial charge is 0.0843 e. The molecule has 0 radical (unpaired) electrons. The van der Waals surface area contributed by atoms with Crippen LogP contribution in [0.25, 0.3) is 0 Å². The first-order valence-electron chi connectivity index (χ1n) is 1.82. The molecule has 0 aliphatic heterocycles. The molecule has 0 amide bonds. The van der Waals surface area contributed by atoms with Crippen LogP contribution >= 0.6 is 12.2 Å². The average Bonchev–Trinajstić information content (AvgIpc) is 1.69. The minimum atomic E-state index is 0.0700. The first-order valence-corrected chi connectivity index (χ1v) is 2.23. The number of nitrogens with one attached hydrogen (secondary N) is 1. The Labute approximate surface area is 47.0 Å². The molecule has 4 heteroatoms. The summed E-state index contributed by atoms with van der Waals surface area (Å²) < 4.78 is 0. The molecule has 0 atom stereocenters. The highest BCUT2D eigenvalue weighted by molar-refractivity contribution is 7.78. The number of aliphatic hydroxyl groups excluding tert-OH is 1. The lowest BCUT2D eigenvalue weighted by Gasteiger charge is -1.87. The highest BCUT2D eigenvalue weighted by Crippen LogP contribution is 1.52. The molecule has 0 saturated carbocycles. The fourth-order valence-electron chi connectivity index (χ4n) is 0.138. The van der Waals surface area contributed by atoms with Crippen LogP contribution in [0.15, 0.2) is 5.10 Å². The standard InChI is InChI=1S/C3H6N2OS/c6-2-1-4-5-3-7/h4,6H,1-2H2. The second kappa shape index (κ2) is 5.56. The molecule has 0 saturated heterocycles. The predicted molar refractivity (Wildman–Crippen MR) is 30.1 cm³/mol. The van der Waals surface area contributed by atoms with E-state index in [2.05, 4.69) is 27.9 Å². The van der Waals surface area contributed by atoms with Gasteiger partial charge in [0.15, 0.2) is 0 Å². The number of thiocarbonyl (C=S) groups is 1. The van der Waals surface area contributed by atoms with Crippen molar-refractivity contribution in [3.63, 3.8) is 0 Å². The van der Waals surface area contributed by atoms with E-state index in [1.54, 1.807) is 0 Å². The van der Waals surface area contributed by atoms with Crippen molar-refractivity contribution < 1.29 is 5.11 Å². The van der Waals surface area contributed by atoms with Gasteiger partial charge in [0.05, 0.1) is 18.3 Å². The van der Waals surface area contributed by atoms with Crippen molar-refractivity contribution in [1.82, 2.24) is 5.43 Å². The van der Waals surface area contributed by atoms with Crippen LogP contribution in [0.5, 0.6) is 0 Å². The van der Waals surface area contributed by atoms with E-state index >= 15 is 0 Å². The Balaban J connectivity index is 2.83. The molecule has 7 heavy (non-hydrogen) atoms. The van der Waals surface area contributed by atoms with Gasteiger partial charge in [-0.3, -0.25) is 5.43 Å². The molecule has 0 spiro atoms. The Morgan fingerprint density at radius 2 is 2.57 bits per heavy atom. The highest BCUT2D eigenvalue weighted by atomic mass is 32.1. The summed E-state index contributed by atoms with van der Waals surface area (Å²) in [6, 6.07) is 0. The van der Waals surface area contributed by atoms with E-state index in [0.29, 0.717) is 6.54 Å². The highest BCUT2D eigenvalue weighted by Gasteiger charge is 1.70. The summed E-state index contributed by atoms with van der Waals surface area (Å²) in [7, 11) is 0. The number of hydrazone groups is 1. The zero-order valence-corrected chi connectivity index (χ0v) is 4.53. The van der Waals surface area contributed by atoms with Crippen molar-refractivity contribution >= 4 is 17.4 Å². The van der Waals surface area contributed by atoms with Gasteiger partial charge >= 0.3 is 0 Å². The number of nitrogens with zero attached hydrogens (tertiary/aromatic N) is 1. The van der Waals surface area contributed by atoms with Crippen LogP contribution in [0.1, 0.15) is 0 Å². The molecular weight excluding hydrogens is 112 g/mol. The molecular formula is C3H6N2OS. The molecule has 0 aromatic carbocycles. The summed E-state index contributed by atoms with van der Waals surface area (Å²) in [4.78, 5) is 0. The molecule has 0 unspecified atom stereocenters. The predicted octanol–water partition coefficient (Wildman–Crippen LogP) is -0.414. The van der Waals surface area contributed by atoms with E-state index in [1.807, 2.05) is 0 Å². The number of aliphatic hydroxyl groups is 1. The molecule has 0 rings (SSSR count). The number of isothiocyanates is 1. The molecule has 0 bridgehead atoms. The summed E-state index contributed by atoms with van der Waals surface area (Å²) in [5.74, 6) is 0. The monoisotopic (exact) mass is 118 g/mol. The maximum atomic E-state index is 8.11. The van der Waals surface area contributed by atoms with Gasteiger partial charge in [-0.25, -0.2) is 0 Å². The van der Waals surface area contributed by atoms with Gasteiger partial charge in [0.2, 0.25) is 0 Å². The van der Waals surface area contributed by atoms with Gasteiger partial charge in [-0.05, 0) is 12.2 Å². The Kier molecular flexibility index (Phi) is 5.21. The quantitative estimate of drug-likeness (QED) is 0.229. The van der Waals surface area contributed by atoms with Gasteiger partial charge in [0.1, 0.15) is 0 Å². The van der Waals surface area contributed by atoms with Crippen molar-refractivity contribution in [2.24, 2.45) is 5.10 Å². The molecule has 0 aliphatic rings. The van der Waals surface area contributed by atoms with Crippen molar-refractivity contribution in [2.45, 2.75) is 0 Å². The number of hydrogen-bond acceptors (Lipinski definition) is 4. The van der Waals surface area contributed by atoms with Crippen LogP contribution in [-0.2, 0) is 0 Å². The second-order valence-electron chi connectivity index (χ2n) is 0.835. The maximum absolute atomic E-state index is 8.11. The van der Waals surface area contributed by atoms with Gasteiger partial charge in [-0.15, -0.1) is 5.10 Å². The third-order valence-electron chi connectivity index (χ3n) is 0.348. The fraction of sp³-hybridized carbons (Fsp3) is 0.667. The molecule has 0 heterocycles. The molecule has 0 aliphatic carbocycles. The van der Waals surface area contributed by atoms with Crippen molar-refractivity contribution in [2.75, 3.05) is 13.2 Å². The summed E-state index contributed by atoms with van der Waals surface area (Å²) in [5, 5.41) is 13.5. The van der Waals surface area contributed by atoms with Crippen LogP contribution < -0.4 is 5.43 Å². The summed E-state index contributed by atoms with van der Waals surface area (Å²) >= 11 is 4.20. The van der Waals surface area contributed by atoms with Gasteiger partial charge in [0, 0.05) is 0 Å². The molecule has 3 nitrogen and oxygen atoms in total. The van der Waals surface area contributed by atoms with E-state index in [-0.39, 0.29) is 6.61 Å². The summed E-state index contributed by atoms with van der Waals surface area (Å²) in [6.07, 6.45) is 0. The van der Waals surface area contributed by atoms with Crippen LogP contribution in [0.4, 0.5) is 0 Å². The topological polar surface area (TPSA) is 44.6 Å². The molecule has 0 fully saturated rings. The minimum Gasteiger partial charge on any atom is -0.394 e. The largest absolute Gasteiger partial charge is 0.394 e. The van der Waals surface area contributed by atoms with E-state index in [0.717, 1.165) is 0 Å². The van der Waals surface area contributed by atoms with Crippen LogP contribution in [0.3, 0.4) is 0 Å². The minimum absolute atomic E-state index is 0.0700. The molecule has 0 aromatic heterocycles. The van der Waals surface area contributed by atoms with Crippen LogP contribution in [-0.4, -0.2) is 23.4 Å². The molecule has 2 N–H and O–H groups in total. The van der Waals surface area contributed by atoms with Crippen molar-refractivity contribution in [3.8, 4) is 0 Å². The summed E-state index contributed by atoms with van der Waals surface area (Å²) in [6.45, 7) is 0.504. The Bertz CT molecular complexity index is 79.0. The third-order valence-corrected chi connectivity index (χ3v) is 0.440. The lowest BCUT2D eigenvalue weighted by atomic mass is 10.7. The zero-order chi connectivity index (χ0) is 5.54. The Morgan fingerprint density at radius 1 is 1.86 bits per heavy atom. The molecule has 0 aromatic rings. The van der Waals surface area contributed by atoms with Crippen molar-refractivity contribution in [3.05, 3.63) is 0 Å². The number of rotatable bonds is 3. The van der Waals surface area contributed by atoms with Crippen LogP contribution in [0.2, 0.25) is 0 Å². The zero-order valence-electron chi connectivity index (χ0n) is 3.72. The van der Waals surface area contributed by atoms with Crippen molar-refractivity contribution in [1.29, 1.82) is 0 Å². The average molecular weight is 118 g/mol. The van der Waals surface area contributed by atoms with Gasteiger partial charge in [-0.2, -0.15) is 0 Å². The SMILES string of the molecule is OCCNN=C=S. The first kappa shape index (κ1) is 6.56. The van der Waals surface area contributed by atoms with Crippen LogP contribution in [0, 0.1) is 0 Å². The Morgan fingerprint density at radius 3 is 3.00 bits per heavy atom. The van der Waals surface area contributed by atoms with E-state index in [4.69, 9.17) is 5.11 Å². The second-order valence-corrected chi connectivity index (χ2v) is 1.02. The first-order chi connectivity index (χ1) is 3.41. The van der Waals surface area contributed by atoms with E-state index < -0.39 is 0 Å². The summed E-state index contributed by atoms with van der Waals surface area (Å²) in [5.41, 5.74) is 2.44. The Hall–Kier alpha value is -0.440. The normalized spacial score (nSPS) is 7.00. The van der Waals surface area contributed by atoms with E-state index in [1.165, 1.54) is 0 Å². The lowest BCUT2D eigenvalue weighted by molar-refractivity contribution is 0.294. The third kappa shape index (κ3) is 5.56. The maximum Gasteiger partial charge on any atom is 0.0843 e. The van der Waals surface area contributed by atoms with E-state index in [9.17, 15) is 0 Å². The van der Waals surface area contributed by atoms with Gasteiger partial charge < -0.3 is 5.11 Å². The van der Waals surface area contributed by atoms with Gasteiger partial charge in [0.25, 0.3) is 0 Å². The van der Waals surface area contributed by atoms with Gasteiger partial charge in [-0.1, -0.05) is 0 Å². The molecule has 40 valence electrons. The lowest BCUT2D eigenvalue weighted by Crippen LogP contribution is -2.09.